The number of hydrogen-bond donors (Lipinski definition) is 2. The maximum Gasteiger partial charge on any atom is 0.126 e. The molecule has 0 bridgehead atoms. The Hall–Kier alpha value is -1.09. The summed E-state index contributed by atoms with van der Waals surface area (Å²) >= 11 is 0. The molecule has 0 aliphatic rings. The zero-order chi connectivity index (χ0) is 12.8. The van der Waals surface area contributed by atoms with Gasteiger partial charge in [0.2, 0.25) is 0 Å². The maximum absolute atomic E-state index is 12.9. The molecule has 1 aromatic rings. The second-order valence-corrected chi connectivity index (χ2v) is 4.49. The average molecular weight is 239 g/mol. The SMILES string of the molecule is CCCC(CC)NC(C)c1ccc(F)cc1O. The van der Waals surface area contributed by atoms with Crippen molar-refractivity contribution in [3.63, 3.8) is 0 Å². The first-order valence-corrected chi connectivity index (χ1v) is 6.32. The lowest BCUT2D eigenvalue weighted by Crippen LogP contribution is -2.30. The molecule has 0 fully saturated rings. The predicted molar refractivity (Wildman–Crippen MR) is 68.6 cm³/mol. The van der Waals surface area contributed by atoms with Crippen LogP contribution in [0.2, 0.25) is 0 Å². The van der Waals surface area contributed by atoms with Crippen LogP contribution in [-0.4, -0.2) is 11.1 Å². The Bertz CT molecular complexity index is 354. The molecular weight excluding hydrogens is 217 g/mol. The van der Waals surface area contributed by atoms with E-state index in [4.69, 9.17) is 0 Å². The lowest BCUT2D eigenvalue weighted by Gasteiger charge is -2.22. The van der Waals surface area contributed by atoms with Gasteiger partial charge in [0.05, 0.1) is 0 Å². The minimum absolute atomic E-state index is 0.0244. The second-order valence-electron chi connectivity index (χ2n) is 4.49. The summed E-state index contributed by atoms with van der Waals surface area (Å²) in [5.74, 6) is -0.379. The van der Waals surface area contributed by atoms with Crippen LogP contribution < -0.4 is 5.32 Å². The monoisotopic (exact) mass is 239 g/mol. The van der Waals surface area contributed by atoms with Crippen molar-refractivity contribution in [2.24, 2.45) is 0 Å². The third kappa shape index (κ3) is 4.00. The summed E-state index contributed by atoms with van der Waals surface area (Å²) in [6.07, 6.45) is 3.30. The highest BCUT2D eigenvalue weighted by atomic mass is 19.1. The van der Waals surface area contributed by atoms with Crippen molar-refractivity contribution in [3.8, 4) is 5.75 Å². The van der Waals surface area contributed by atoms with E-state index in [2.05, 4.69) is 19.2 Å². The molecular formula is C14H22FNO. The minimum Gasteiger partial charge on any atom is -0.508 e. The third-order valence-corrected chi connectivity index (χ3v) is 3.07. The fraction of sp³-hybridized carbons (Fsp3) is 0.571. The molecule has 2 N–H and O–H groups in total. The molecule has 1 rings (SSSR count). The number of halogens is 1. The Kier molecular flexibility index (Phi) is 5.42. The van der Waals surface area contributed by atoms with E-state index in [1.807, 2.05) is 6.92 Å². The number of nitrogens with one attached hydrogen (secondary N) is 1. The summed E-state index contributed by atoms with van der Waals surface area (Å²) < 4.78 is 12.9. The van der Waals surface area contributed by atoms with Gasteiger partial charge in [-0.15, -0.1) is 0 Å². The molecule has 1 aromatic carbocycles. The molecule has 0 aliphatic carbocycles. The first-order valence-electron chi connectivity index (χ1n) is 6.32. The number of hydrogen-bond acceptors (Lipinski definition) is 2. The van der Waals surface area contributed by atoms with Gasteiger partial charge >= 0.3 is 0 Å². The van der Waals surface area contributed by atoms with E-state index >= 15 is 0 Å². The summed E-state index contributed by atoms with van der Waals surface area (Å²) in [4.78, 5) is 0. The third-order valence-electron chi connectivity index (χ3n) is 3.07. The normalized spacial score (nSPS) is 14.6. The molecule has 0 radical (unpaired) electrons. The number of aromatic hydroxyl groups is 1. The summed E-state index contributed by atoms with van der Waals surface area (Å²) in [7, 11) is 0. The second kappa shape index (κ2) is 6.60. The molecule has 0 aliphatic heterocycles. The smallest absolute Gasteiger partial charge is 0.126 e. The van der Waals surface area contributed by atoms with Gasteiger partial charge in [-0.05, 0) is 25.8 Å². The molecule has 0 aromatic heterocycles. The predicted octanol–water partition coefficient (Wildman–Crippen LogP) is 3.76. The van der Waals surface area contributed by atoms with E-state index in [-0.39, 0.29) is 11.8 Å². The van der Waals surface area contributed by atoms with Crippen molar-refractivity contribution in [2.75, 3.05) is 0 Å². The van der Waals surface area contributed by atoms with E-state index in [0.717, 1.165) is 30.9 Å². The topological polar surface area (TPSA) is 32.3 Å². The molecule has 0 heterocycles. The molecule has 2 atom stereocenters. The molecule has 0 saturated carbocycles. The van der Waals surface area contributed by atoms with Gasteiger partial charge in [0.1, 0.15) is 11.6 Å². The molecule has 0 amide bonds. The molecule has 2 unspecified atom stereocenters. The largest absolute Gasteiger partial charge is 0.508 e. The van der Waals surface area contributed by atoms with E-state index in [0.29, 0.717) is 6.04 Å². The highest BCUT2D eigenvalue weighted by Crippen LogP contribution is 2.25. The Labute approximate surface area is 103 Å². The van der Waals surface area contributed by atoms with E-state index in [9.17, 15) is 9.50 Å². The summed E-state index contributed by atoms with van der Waals surface area (Å²) in [5.41, 5.74) is 0.751. The van der Waals surface area contributed by atoms with Crippen LogP contribution in [0.15, 0.2) is 18.2 Å². The van der Waals surface area contributed by atoms with E-state index in [1.165, 1.54) is 6.07 Å². The zero-order valence-electron chi connectivity index (χ0n) is 10.8. The van der Waals surface area contributed by atoms with Crippen molar-refractivity contribution in [2.45, 2.75) is 52.1 Å². The van der Waals surface area contributed by atoms with Gasteiger partial charge in [-0.25, -0.2) is 4.39 Å². The first-order chi connectivity index (χ1) is 8.08. The standard InChI is InChI=1S/C14H22FNO/c1-4-6-12(5-2)16-10(3)13-8-7-11(15)9-14(13)17/h7-10,12,16-17H,4-6H2,1-3H3. The number of benzene rings is 1. The van der Waals surface area contributed by atoms with Crippen molar-refractivity contribution >= 4 is 0 Å². The van der Waals surface area contributed by atoms with Crippen LogP contribution in [-0.2, 0) is 0 Å². The first kappa shape index (κ1) is 14.0. The van der Waals surface area contributed by atoms with Gasteiger partial charge in [0.15, 0.2) is 0 Å². The van der Waals surface area contributed by atoms with Gasteiger partial charge in [-0.1, -0.05) is 26.3 Å². The number of phenols is 1. The van der Waals surface area contributed by atoms with Crippen LogP contribution in [0.25, 0.3) is 0 Å². The fourth-order valence-electron chi connectivity index (χ4n) is 2.08. The minimum atomic E-state index is -0.404. The van der Waals surface area contributed by atoms with Gasteiger partial charge < -0.3 is 10.4 Å². The van der Waals surface area contributed by atoms with Crippen LogP contribution in [0, 0.1) is 5.82 Å². The molecule has 0 spiro atoms. The Morgan fingerprint density at radius 3 is 2.59 bits per heavy atom. The van der Waals surface area contributed by atoms with Gasteiger partial charge in [0, 0.05) is 23.7 Å². The van der Waals surface area contributed by atoms with Crippen LogP contribution in [0.3, 0.4) is 0 Å². The molecule has 3 heteroatoms. The quantitative estimate of drug-likeness (QED) is 0.792. The number of rotatable bonds is 6. The van der Waals surface area contributed by atoms with Crippen molar-refractivity contribution < 1.29 is 9.50 Å². The fourth-order valence-corrected chi connectivity index (χ4v) is 2.08. The Balaban J connectivity index is 2.71. The van der Waals surface area contributed by atoms with E-state index < -0.39 is 5.82 Å². The zero-order valence-corrected chi connectivity index (χ0v) is 10.8. The summed E-state index contributed by atoms with van der Waals surface area (Å²) in [6.45, 7) is 6.29. The highest BCUT2D eigenvalue weighted by Gasteiger charge is 2.14. The van der Waals surface area contributed by atoms with E-state index in [1.54, 1.807) is 6.07 Å². The van der Waals surface area contributed by atoms with Crippen LogP contribution in [0.4, 0.5) is 4.39 Å². The summed E-state index contributed by atoms with van der Waals surface area (Å²) in [6, 6.07) is 4.66. The van der Waals surface area contributed by atoms with Crippen LogP contribution in [0.1, 0.15) is 51.6 Å². The summed E-state index contributed by atoms with van der Waals surface area (Å²) in [5, 5.41) is 13.2. The van der Waals surface area contributed by atoms with Gasteiger partial charge in [-0.2, -0.15) is 0 Å². The Morgan fingerprint density at radius 2 is 2.06 bits per heavy atom. The average Bonchev–Trinajstić information content (AvgIpc) is 2.28. The van der Waals surface area contributed by atoms with Crippen LogP contribution >= 0.6 is 0 Å². The van der Waals surface area contributed by atoms with Gasteiger partial charge in [0.25, 0.3) is 0 Å². The van der Waals surface area contributed by atoms with Gasteiger partial charge in [-0.3, -0.25) is 0 Å². The maximum atomic E-state index is 12.9. The molecule has 17 heavy (non-hydrogen) atoms. The van der Waals surface area contributed by atoms with Crippen molar-refractivity contribution in [1.29, 1.82) is 0 Å². The molecule has 2 nitrogen and oxygen atoms in total. The number of phenolic OH excluding ortho intramolecular Hbond substituents is 1. The molecule has 0 saturated heterocycles. The molecule has 96 valence electrons. The van der Waals surface area contributed by atoms with Crippen molar-refractivity contribution in [3.05, 3.63) is 29.6 Å². The lowest BCUT2D eigenvalue weighted by molar-refractivity contribution is 0.399. The Morgan fingerprint density at radius 1 is 1.35 bits per heavy atom. The van der Waals surface area contributed by atoms with Crippen LogP contribution in [0.5, 0.6) is 5.75 Å². The lowest BCUT2D eigenvalue weighted by atomic mass is 10.0. The van der Waals surface area contributed by atoms with Crippen molar-refractivity contribution in [1.82, 2.24) is 5.32 Å². The highest BCUT2D eigenvalue weighted by molar-refractivity contribution is 5.34.